The van der Waals surface area contributed by atoms with Crippen molar-refractivity contribution in [2.45, 2.75) is 57.9 Å². The van der Waals surface area contributed by atoms with Crippen LogP contribution in [0, 0.1) is 5.92 Å². The molecule has 0 aromatic heterocycles. The minimum Gasteiger partial charge on any atom is -0.346 e. The van der Waals surface area contributed by atoms with Gasteiger partial charge in [-0.25, -0.2) is 5.01 Å². The molecule has 0 unspecified atom stereocenters. The molecule has 1 N–H and O–H groups in total. The molecule has 106 valence electrons. The molecule has 1 heterocycles. The number of carbonyl (C=O) groups excluding carboxylic acids is 2. The average molecular weight is 265 g/mol. The Morgan fingerprint density at radius 3 is 2.58 bits per heavy atom. The highest BCUT2D eigenvalue weighted by Gasteiger charge is 2.33. The van der Waals surface area contributed by atoms with Gasteiger partial charge in [0.25, 0.3) is 5.91 Å². The molecule has 2 amide bonds. The monoisotopic (exact) mass is 265 g/mol. The fourth-order valence-corrected chi connectivity index (χ4v) is 2.70. The molecule has 0 spiro atoms. The predicted octanol–water partition coefficient (Wildman–Crippen LogP) is 1.68. The first-order valence-corrected chi connectivity index (χ1v) is 7.06. The van der Waals surface area contributed by atoms with Crippen molar-refractivity contribution >= 4 is 17.5 Å². The summed E-state index contributed by atoms with van der Waals surface area (Å²) in [5, 5.41) is 8.44. The molecule has 0 aromatic rings. The second-order valence-electron chi connectivity index (χ2n) is 6.16. The number of hydrogen-bond acceptors (Lipinski definition) is 3. The molecule has 0 bridgehead atoms. The number of hydrazone groups is 1. The van der Waals surface area contributed by atoms with Crippen molar-refractivity contribution in [3.8, 4) is 0 Å². The summed E-state index contributed by atoms with van der Waals surface area (Å²) in [5.74, 6) is 0.603. The van der Waals surface area contributed by atoms with Crippen LogP contribution in [-0.4, -0.2) is 35.1 Å². The Bertz CT molecular complexity index is 409. The normalized spacial score (nSPS) is 31.9. The lowest BCUT2D eigenvalue weighted by molar-refractivity contribution is -0.130. The number of nitrogens with one attached hydrogen (secondary N) is 1. The third-order valence-corrected chi connectivity index (χ3v) is 4.26. The van der Waals surface area contributed by atoms with Crippen molar-refractivity contribution in [2.24, 2.45) is 11.0 Å². The zero-order chi connectivity index (χ0) is 14.0. The fourth-order valence-electron chi connectivity index (χ4n) is 2.70. The van der Waals surface area contributed by atoms with Crippen molar-refractivity contribution in [3.05, 3.63) is 0 Å². The molecule has 0 radical (unpaired) electrons. The highest BCUT2D eigenvalue weighted by Crippen LogP contribution is 2.31. The molecule has 0 aromatic carbocycles. The van der Waals surface area contributed by atoms with E-state index in [1.54, 1.807) is 7.05 Å². The Labute approximate surface area is 114 Å². The van der Waals surface area contributed by atoms with Crippen molar-refractivity contribution < 1.29 is 9.59 Å². The van der Waals surface area contributed by atoms with E-state index in [0.717, 1.165) is 31.6 Å². The van der Waals surface area contributed by atoms with Gasteiger partial charge in [0.1, 0.15) is 5.71 Å². The van der Waals surface area contributed by atoms with Crippen LogP contribution in [0.1, 0.15) is 52.4 Å². The van der Waals surface area contributed by atoms with Crippen molar-refractivity contribution in [1.82, 2.24) is 10.3 Å². The van der Waals surface area contributed by atoms with Crippen LogP contribution in [0.3, 0.4) is 0 Å². The summed E-state index contributed by atoms with van der Waals surface area (Å²) in [6, 6.07) is 0. The van der Waals surface area contributed by atoms with E-state index in [-0.39, 0.29) is 17.4 Å². The number of nitrogens with zero attached hydrogens (tertiary/aromatic N) is 2. The minimum absolute atomic E-state index is 0.0331. The third-order valence-electron chi connectivity index (χ3n) is 4.26. The van der Waals surface area contributed by atoms with Crippen molar-refractivity contribution in [3.63, 3.8) is 0 Å². The van der Waals surface area contributed by atoms with Crippen LogP contribution in [0.15, 0.2) is 5.10 Å². The predicted molar refractivity (Wildman–Crippen MR) is 73.6 cm³/mol. The molecule has 5 nitrogen and oxygen atoms in total. The Morgan fingerprint density at radius 1 is 1.37 bits per heavy atom. The minimum atomic E-state index is -0.119. The summed E-state index contributed by atoms with van der Waals surface area (Å²) in [7, 11) is 1.60. The van der Waals surface area contributed by atoms with E-state index >= 15 is 0 Å². The zero-order valence-electron chi connectivity index (χ0n) is 12.0. The Kier molecular flexibility index (Phi) is 3.92. The highest BCUT2D eigenvalue weighted by molar-refractivity contribution is 6.39. The summed E-state index contributed by atoms with van der Waals surface area (Å²) in [5.41, 5.74) is 0.355. The van der Waals surface area contributed by atoms with Crippen LogP contribution in [0.4, 0.5) is 0 Å². The van der Waals surface area contributed by atoms with E-state index in [0.29, 0.717) is 18.6 Å². The smallest absolute Gasteiger partial charge is 0.267 e. The maximum Gasteiger partial charge on any atom is 0.267 e. The molecule has 1 aliphatic heterocycles. The molecular weight excluding hydrogens is 242 g/mol. The summed E-state index contributed by atoms with van der Waals surface area (Å²) in [4.78, 5) is 23.6. The van der Waals surface area contributed by atoms with Gasteiger partial charge >= 0.3 is 0 Å². The van der Waals surface area contributed by atoms with E-state index in [4.69, 9.17) is 0 Å². The van der Waals surface area contributed by atoms with Gasteiger partial charge in [-0.05, 0) is 38.5 Å². The first-order chi connectivity index (χ1) is 8.89. The fraction of sp³-hybridized carbons (Fsp3) is 0.786. The SMILES string of the molecule is CC1CCC(C)(NC(=O)C2=NN(C)C(=O)CC2)CC1. The van der Waals surface area contributed by atoms with E-state index in [2.05, 4.69) is 24.3 Å². The van der Waals surface area contributed by atoms with Gasteiger partial charge in [-0.3, -0.25) is 9.59 Å². The van der Waals surface area contributed by atoms with Crippen LogP contribution >= 0.6 is 0 Å². The average Bonchev–Trinajstić information content (AvgIpc) is 2.36. The van der Waals surface area contributed by atoms with E-state index in [9.17, 15) is 9.59 Å². The van der Waals surface area contributed by atoms with Crippen molar-refractivity contribution in [1.29, 1.82) is 0 Å². The number of rotatable bonds is 2. The zero-order valence-corrected chi connectivity index (χ0v) is 12.0. The quantitative estimate of drug-likeness (QED) is 0.825. The second-order valence-corrected chi connectivity index (χ2v) is 6.16. The second kappa shape index (κ2) is 5.31. The summed E-state index contributed by atoms with van der Waals surface area (Å²) >= 11 is 0. The van der Waals surface area contributed by atoms with E-state index in [1.165, 1.54) is 5.01 Å². The van der Waals surface area contributed by atoms with Crippen LogP contribution in [-0.2, 0) is 9.59 Å². The highest BCUT2D eigenvalue weighted by atomic mass is 16.2. The van der Waals surface area contributed by atoms with Gasteiger partial charge in [0, 0.05) is 25.4 Å². The largest absolute Gasteiger partial charge is 0.346 e. The van der Waals surface area contributed by atoms with Gasteiger partial charge in [0.2, 0.25) is 5.91 Å². The van der Waals surface area contributed by atoms with E-state index < -0.39 is 0 Å². The molecule has 1 saturated carbocycles. The molecule has 2 rings (SSSR count). The van der Waals surface area contributed by atoms with Crippen LogP contribution in [0.25, 0.3) is 0 Å². The lowest BCUT2D eigenvalue weighted by atomic mass is 9.78. The molecule has 1 aliphatic carbocycles. The Morgan fingerprint density at radius 2 is 2.00 bits per heavy atom. The molecule has 5 heteroatoms. The van der Waals surface area contributed by atoms with Crippen molar-refractivity contribution in [2.75, 3.05) is 7.05 Å². The van der Waals surface area contributed by atoms with Gasteiger partial charge < -0.3 is 5.32 Å². The number of hydrogen-bond donors (Lipinski definition) is 1. The Hall–Kier alpha value is -1.39. The van der Waals surface area contributed by atoms with Gasteiger partial charge in [0.05, 0.1) is 0 Å². The summed E-state index contributed by atoms with van der Waals surface area (Å²) < 4.78 is 0. The van der Waals surface area contributed by atoms with Gasteiger partial charge in [0.15, 0.2) is 0 Å². The molecular formula is C14H23N3O2. The van der Waals surface area contributed by atoms with E-state index in [1.807, 2.05) is 0 Å². The first-order valence-electron chi connectivity index (χ1n) is 7.06. The molecule has 19 heavy (non-hydrogen) atoms. The summed E-state index contributed by atoms with van der Waals surface area (Å²) in [6.07, 6.45) is 5.16. The van der Waals surface area contributed by atoms with Crippen LogP contribution in [0.2, 0.25) is 0 Å². The first kappa shape index (κ1) is 14.0. The number of carbonyl (C=O) groups is 2. The summed E-state index contributed by atoms with van der Waals surface area (Å²) in [6.45, 7) is 4.36. The third kappa shape index (κ3) is 3.33. The molecule has 2 aliphatic rings. The maximum absolute atomic E-state index is 12.2. The van der Waals surface area contributed by atoms with Crippen LogP contribution < -0.4 is 5.32 Å². The maximum atomic E-state index is 12.2. The molecule has 0 saturated heterocycles. The lowest BCUT2D eigenvalue weighted by Crippen LogP contribution is -2.51. The number of amides is 2. The van der Waals surface area contributed by atoms with Gasteiger partial charge in [-0.15, -0.1) is 0 Å². The molecule has 0 atom stereocenters. The standard InChI is InChI=1S/C14H23N3O2/c1-10-6-8-14(2,9-7-10)15-13(19)11-4-5-12(18)17(3)16-11/h10H,4-9H2,1-3H3,(H,15,19). The topological polar surface area (TPSA) is 61.8 Å². The Balaban J connectivity index is 1.98. The van der Waals surface area contributed by atoms with Gasteiger partial charge in [-0.1, -0.05) is 6.92 Å². The van der Waals surface area contributed by atoms with Gasteiger partial charge in [-0.2, -0.15) is 5.10 Å². The lowest BCUT2D eigenvalue weighted by Gasteiger charge is -2.37. The molecule has 1 fully saturated rings. The van der Waals surface area contributed by atoms with Crippen LogP contribution in [0.5, 0.6) is 0 Å².